The van der Waals surface area contributed by atoms with Gasteiger partial charge in [-0.25, -0.2) is 13.6 Å². The monoisotopic (exact) mass is 265 g/mol. The van der Waals surface area contributed by atoms with Crippen LogP contribution in [0.25, 0.3) is 0 Å². The quantitative estimate of drug-likeness (QED) is 0.772. The minimum atomic E-state index is -2.80. The van der Waals surface area contributed by atoms with Crippen LogP contribution in [0.1, 0.15) is 22.5 Å². The lowest BCUT2D eigenvalue weighted by Crippen LogP contribution is -2.08. The van der Waals surface area contributed by atoms with Crippen LogP contribution in [0.15, 0.2) is 16.7 Å². The van der Waals surface area contributed by atoms with E-state index in [9.17, 15) is 13.6 Å². The summed E-state index contributed by atoms with van der Waals surface area (Å²) in [5.74, 6) is -0.833. The van der Waals surface area contributed by atoms with Gasteiger partial charge in [-0.2, -0.15) is 0 Å². The third kappa shape index (κ3) is 2.06. The molecule has 1 aromatic heterocycles. The summed E-state index contributed by atoms with van der Waals surface area (Å²) >= 11 is 2.98. The molecule has 0 saturated carbocycles. The molecule has 0 spiro atoms. The summed E-state index contributed by atoms with van der Waals surface area (Å²) in [5, 5.41) is 0. The largest absolute Gasteiger partial charge is 0.465 e. The van der Waals surface area contributed by atoms with Gasteiger partial charge < -0.3 is 4.74 Å². The van der Waals surface area contributed by atoms with Crippen molar-refractivity contribution in [1.82, 2.24) is 4.98 Å². The fraction of sp³-hybridized carbons (Fsp3) is 0.250. The van der Waals surface area contributed by atoms with Gasteiger partial charge in [-0.3, -0.25) is 4.98 Å². The minimum absolute atomic E-state index is 0.231. The van der Waals surface area contributed by atoms with Crippen molar-refractivity contribution >= 4 is 21.9 Å². The number of halogens is 3. The molecule has 1 rings (SSSR count). The van der Waals surface area contributed by atoms with Crippen molar-refractivity contribution in [2.45, 2.75) is 6.43 Å². The van der Waals surface area contributed by atoms with Gasteiger partial charge in [0.15, 0.2) is 0 Å². The highest BCUT2D eigenvalue weighted by Gasteiger charge is 2.22. The molecule has 76 valence electrons. The zero-order chi connectivity index (χ0) is 10.7. The van der Waals surface area contributed by atoms with E-state index in [1.54, 1.807) is 0 Å². The molecule has 0 bridgehead atoms. The first kappa shape index (κ1) is 11.0. The summed E-state index contributed by atoms with van der Waals surface area (Å²) in [6.45, 7) is 0. The number of alkyl halides is 2. The Morgan fingerprint density at radius 3 is 2.79 bits per heavy atom. The normalized spacial score (nSPS) is 10.4. The van der Waals surface area contributed by atoms with Crippen molar-refractivity contribution in [3.63, 3.8) is 0 Å². The first-order valence-corrected chi connectivity index (χ1v) is 4.38. The van der Waals surface area contributed by atoms with Gasteiger partial charge in [-0.05, 0) is 22.0 Å². The molecular weight excluding hydrogens is 260 g/mol. The van der Waals surface area contributed by atoms with Crippen molar-refractivity contribution in [1.29, 1.82) is 0 Å². The van der Waals surface area contributed by atoms with E-state index >= 15 is 0 Å². The Morgan fingerprint density at radius 2 is 2.29 bits per heavy atom. The number of rotatable bonds is 2. The Morgan fingerprint density at radius 1 is 1.64 bits per heavy atom. The molecule has 1 aromatic rings. The Balaban J connectivity index is 3.29. The molecule has 0 aliphatic heterocycles. The average Bonchev–Trinajstić information content (AvgIpc) is 2.16. The molecule has 3 nitrogen and oxygen atoms in total. The van der Waals surface area contributed by atoms with Crippen LogP contribution in [0.5, 0.6) is 0 Å². The van der Waals surface area contributed by atoms with Gasteiger partial charge in [-0.1, -0.05) is 0 Å². The van der Waals surface area contributed by atoms with Gasteiger partial charge in [0.1, 0.15) is 11.3 Å². The lowest BCUT2D eigenvalue weighted by molar-refractivity contribution is 0.0586. The fourth-order valence-electron chi connectivity index (χ4n) is 0.923. The fourth-order valence-corrected chi connectivity index (χ4v) is 1.41. The highest BCUT2D eigenvalue weighted by molar-refractivity contribution is 9.10. The lowest BCUT2D eigenvalue weighted by Gasteiger charge is -2.07. The van der Waals surface area contributed by atoms with Gasteiger partial charge >= 0.3 is 5.97 Å². The van der Waals surface area contributed by atoms with Crippen LogP contribution in [0.4, 0.5) is 8.78 Å². The molecule has 0 amide bonds. The molecule has 1 heterocycles. The van der Waals surface area contributed by atoms with E-state index in [4.69, 9.17) is 0 Å². The van der Waals surface area contributed by atoms with Crippen LogP contribution < -0.4 is 0 Å². The number of carbonyl (C=O) groups excluding carboxylic acids is 1. The summed E-state index contributed by atoms with van der Waals surface area (Å²) in [7, 11) is 1.12. The Bertz CT molecular complexity index is 357. The molecule has 14 heavy (non-hydrogen) atoms. The summed E-state index contributed by atoms with van der Waals surface area (Å²) in [6, 6.07) is 1.40. The van der Waals surface area contributed by atoms with Crippen LogP contribution in [0.2, 0.25) is 0 Å². The second-order valence-corrected chi connectivity index (χ2v) is 3.20. The molecule has 6 heteroatoms. The predicted molar refractivity (Wildman–Crippen MR) is 48.2 cm³/mol. The van der Waals surface area contributed by atoms with E-state index in [1.807, 2.05) is 0 Å². The SMILES string of the molecule is COC(=O)c1c(Br)ccnc1C(F)F. The number of methoxy groups -OCH3 is 1. The number of hydrogen-bond acceptors (Lipinski definition) is 3. The number of hydrogen-bond donors (Lipinski definition) is 0. The van der Waals surface area contributed by atoms with E-state index < -0.39 is 18.1 Å². The van der Waals surface area contributed by atoms with Gasteiger partial charge in [0.25, 0.3) is 6.43 Å². The lowest BCUT2D eigenvalue weighted by atomic mass is 10.2. The molecule has 0 saturated heterocycles. The molecule has 0 aliphatic rings. The molecule has 0 atom stereocenters. The van der Waals surface area contributed by atoms with Crippen LogP contribution in [-0.4, -0.2) is 18.1 Å². The predicted octanol–water partition coefficient (Wildman–Crippen LogP) is 2.57. The molecule has 0 fully saturated rings. The molecule has 0 aromatic carbocycles. The zero-order valence-electron chi connectivity index (χ0n) is 7.13. The topological polar surface area (TPSA) is 39.2 Å². The van der Waals surface area contributed by atoms with Crippen molar-refractivity contribution < 1.29 is 18.3 Å². The maximum absolute atomic E-state index is 12.4. The first-order chi connectivity index (χ1) is 6.57. The molecule has 0 N–H and O–H groups in total. The minimum Gasteiger partial charge on any atom is -0.465 e. The molecular formula is C8H6BrF2NO2. The summed E-state index contributed by atoms with van der Waals surface area (Å²) in [6.07, 6.45) is -1.61. The van der Waals surface area contributed by atoms with Crippen molar-refractivity contribution in [2.75, 3.05) is 7.11 Å². The second-order valence-electron chi connectivity index (χ2n) is 2.35. The highest BCUT2D eigenvalue weighted by atomic mass is 79.9. The van der Waals surface area contributed by atoms with Gasteiger partial charge in [0, 0.05) is 10.7 Å². The van der Waals surface area contributed by atoms with Crippen LogP contribution >= 0.6 is 15.9 Å². The smallest absolute Gasteiger partial charge is 0.341 e. The van der Waals surface area contributed by atoms with Crippen LogP contribution in [0, 0.1) is 0 Å². The highest BCUT2D eigenvalue weighted by Crippen LogP contribution is 2.26. The Kier molecular flexibility index (Phi) is 3.51. The first-order valence-electron chi connectivity index (χ1n) is 3.58. The van der Waals surface area contributed by atoms with E-state index in [0.717, 1.165) is 7.11 Å². The van der Waals surface area contributed by atoms with E-state index in [1.165, 1.54) is 12.3 Å². The standard InChI is InChI=1S/C8H6BrF2NO2/c1-14-8(13)5-4(9)2-3-12-6(5)7(10)11/h2-3,7H,1H3. The average molecular weight is 266 g/mol. The summed E-state index contributed by atoms with van der Waals surface area (Å²) in [4.78, 5) is 14.6. The number of esters is 1. The van der Waals surface area contributed by atoms with Crippen LogP contribution in [-0.2, 0) is 4.74 Å². The maximum atomic E-state index is 12.4. The number of carbonyl (C=O) groups is 1. The maximum Gasteiger partial charge on any atom is 0.341 e. The van der Waals surface area contributed by atoms with Gasteiger partial charge in [0.2, 0.25) is 0 Å². The third-order valence-electron chi connectivity index (χ3n) is 1.53. The molecule has 0 unspecified atom stereocenters. The molecule has 0 aliphatic carbocycles. The third-order valence-corrected chi connectivity index (χ3v) is 2.19. The van der Waals surface area contributed by atoms with Crippen molar-refractivity contribution in [3.05, 3.63) is 28.0 Å². The number of aromatic nitrogens is 1. The number of nitrogens with zero attached hydrogens (tertiary/aromatic N) is 1. The van der Waals surface area contributed by atoms with E-state index in [0.29, 0.717) is 0 Å². The number of ether oxygens (including phenoxy) is 1. The van der Waals surface area contributed by atoms with Gasteiger partial charge in [0.05, 0.1) is 7.11 Å². The van der Waals surface area contributed by atoms with Crippen molar-refractivity contribution in [2.24, 2.45) is 0 Å². The van der Waals surface area contributed by atoms with Crippen LogP contribution in [0.3, 0.4) is 0 Å². The zero-order valence-corrected chi connectivity index (χ0v) is 8.72. The second kappa shape index (κ2) is 4.45. The summed E-state index contributed by atoms with van der Waals surface area (Å²) in [5.41, 5.74) is -0.809. The van der Waals surface area contributed by atoms with E-state index in [-0.39, 0.29) is 10.0 Å². The molecule has 0 radical (unpaired) electrons. The van der Waals surface area contributed by atoms with E-state index in [2.05, 4.69) is 25.7 Å². The summed E-state index contributed by atoms with van der Waals surface area (Å²) < 4.78 is 29.4. The Labute approximate surface area is 87.2 Å². The van der Waals surface area contributed by atoms with Gasteiger partial charge in [-0.15, -0.1) is 0 Å². The number of pyridine rings is 1. The Hall–Kier alpha value is -1.04. The van der Waals surface area contributed by atoms with Crippen molar-refractivity contribution in [3.8, 4) is 0 Å².